The first-order chi connectivity index (χ1) is 11.2. The predicted molar refractivity (Wildman–Crippen MR) is 90.4 cm³/mol. The van der Waals surface area contributed by atoms with Crippen LogP contribution in [0.25, 0.3) is 0 Å². The third-order valence-electron chi connectivity index (χ3n) is 4.72. The summed E-state index contributed by atoms with van der Waals surface area (Å²) in [4.78, 5) is 16.7. The van der Waals surface area contributed by atoms with Crippen LogP contribution in [-0.2, 0) is 6.42 Å². The van der Waals surface area contributed by atoms with Gasteiger partial charge in [0.2, 0.25) is 0 Å². The van der Waals surface area contributed by atoms with Crippen LogP contribution in [0.2, 0.25) is 0 Å². The van der Waals surface area contributed by atoms with Gasteiger partial charge in [0.1, 0.15) is 0 Å². The summed E-state index contributed by atoms with van der Waals surface area (Å²) in [5.41, 5.74) is 1.39. The summed E-state index contributed by atoms with van der Waals surface area (Å²) in [6, 6.07) is 14.4. The van der Waals surface area contributed by atoms with Crippen LogP contribution >= 0.6 is 0 Å². The molecule has 1 aromatic carbocycles. The number of furan rings is 1. The average molecular weight is 312 g/mol. The summed E-state index contributed by atoms with van der Waals surface area (Å²) < 4.78 is 5.21. The SMILES string of the molecule is CN(C(=O)c1ccco1)C1CCN(CCc2ccccc2)CC1. The zero-order chi connectivity index (χ0) is 16.1. The molecule has 0 bridgehead atoms. The van der Waals surface area contributed by atoms with Crippen LogP contribution in [0.3, 0.4) is 0 Å². The lowest BCUT2D eigenvalue weighted by Gasteiger charge is -2.36. The maximum absolute atomic E-state index is 12.3. The molecule has 0 saturated carbocycles. The standard InChI is InChI=1S/C19H24N2O2/c1-20(19(22)18-8-5-15-23-18)17-10-13-21(14-11-17)12-9-16-6-3-2-4-7-16/h2-8,15,17H,9-14H2,1H3. The van der Waals surface area contributed by atoms with Gasteiger partial charge in [-0.05, 0) is 37.0 Å². The quantitative estimate of drug-likeness (QED) is 0.851. The number of hydrogen-bond acceptors (Lipinski definition) is 3. The highest BCUT2D eigenvalue weighted by Crippen LogP contribution is 2.18. The number of carbonyl (C=O) groups is 1. The Morgan fingerprint density at radius 2 is 1.91 bits per heavy atom. The van der Waals surface area contributed by atoms with Crippen molar-refractivity contribution in [1.29, 1.82) is 0 Å². The maximum atomic E-state index is 12.3. The molecule has 0 N–H and O–H groups in total. The number of hydrogen-bond donors (Lipinski definition) is 0. The molecule has 23 heavy (non-hydrogen) atoms. The number of nitrogens with zero attached hydrogens (tertiary/aromatic N) is 2. The third-order valence-corrected chi connectivity index (χ3v) is 4.72. The number of likely N-dealkylation sites (tertiary alicyclic amines) is 1. The van der Waals surface area contributed by atoms with E-state index in [-0.39, 0.29) is 5.91 Å². The number of piperidine rings is 1. The number of amides is 1. The van der Waals surface area contributed by atoms with Gasteiger partial charge in [0.15, 0.2) is 5.76 Å². The minimum atomic E-state index is -0.0160. The smallest absolute Gasteiger partial charge is 0.289 e. The summed E-state index contributed by atoms with van der Waals surface area (Å²) >= 11 is 0. The van der Waals surface area contributed by atoms with Crippen LogP contribution in [-0.4, -0.2) is 48.4 Å². The Labute approximate surface area is 137 Å². The molecular formula is C19H24N2O2. The van der Waals surface area contributed by atoms with Gasteiger partial charge in [0.25, 0.3) is 5.91 Å². The Bertz CT molecular complexity index is 602. The molecule has 0 unspecified atom stereocenters. The van der Waals surface area contributed by atoms with Crippen molar-refractivity contribution in [2.75, 3.05) is 26.7 Å². The first kappa shape index (κ1) is 15.8. The Morgan fingerprint density at radius 1 is 1.17 bits per heavy atom. The largest absolute Gasteiger partial charge is 0.459 e. The Kier molecular flexibility index (Phi) is 5.13. The van der Waals surface area contributed by atoms with Gasteiger partial charge in [0.05, 0.1) is 6.26 Å². The Balaban J connectivity index is 1.45. The molecule has 1 aromatic heterocycles. The van der Waals surface area contributed by atoms with E-state index in [1.807, 2.05) is 11.9 Å². The first-order valence-electron chi connectivity index (χ1n) is 8.31. The van der Waals surface area contributed by atoms with Crippen molar-refractivity contribution in [3.8, 4) is 0 Å². The van der Waals surface area contributed by atoms with Gasteiger partial charge in [-0.2, -0.15) is 0 Å². The molecule has 2 aromatic rings. The van der Waals surface area contributed by atoms with Crippen LogP contribution in [0.1, 0.15) is 29.0 Å². The minimum absolute atomic E-state index is 0.0160. The monoisotopic (exact) mass is 312 g/mol. The fourth-order valence-electron chi connectivity index (χ4n) is 3.20. The molecule has 1 saturated heterocycles. The molecule has 1 aliphatic rings. The van der Waals surface area contributed by atoms with Gasteiger partial charge in [-0.15, -0.1) is 0 Å². The summed E-state index contributed by atoms with van der Waals surface area (Å²) in [5, 5.41) is 0. The second-order valence-electron chi connectivity index (χ2n) is 6.20. The van der Waals surface area contributed by atoms with Crippen LogP contribution in [0.4, 0.5) is 0 Å². The average Bonchev–Trinajstić information content (AvgIpc) is 3.15. The molecule has 122 valence electrons. The van der Waals surface area contributed by atoms with E-state index in [2.05, 4.69) is 35.2 Å². The van der Waals surface area contributed by atoms with Crippen LogP contribution in [0.5, 0.6) is 0 Å². The fourth-order valence-corrected chi connectivity index (χ4v) is 3.20. The van der Waals surface area contributed by atoms with Gasteiger partial charge in [-0.25, -0.2) is 0 Å². The van der Waals surface area contributed by atoms with Crippen molar-refractivity contribution < 1.29 is 9.21 Å². The van der Waals surface area contributed by atoms with Gasteiger partial charge in [0, 0.05) is 32.7 Å². The topological polar surface area (TPSA) is 36.7 Å². The fraction of sp³-hybridized carbons (Fsp3) is 0.421. The van der Waals surface area contributed by atoms with E-state index in [4.69, 9.17) is 4.42 Å². The molecule has 2 heterocycles. The highest BCUT2D eigenvalue weighted by Gasteiger charge is 2.26. The molecule has 0 radical (unpaired) electrons. The third kappa shape index (κ3) is 4.02. The molecule has 0 aliphatic carbocycles. The summed E-state index contributed by atoms with van der Waals surface area (Å²) in [7, 11) is 1.88. The number of rotatable bonds is 5. The minimum Gasteiger partial charge on any atom is -0.459 e. The predicted octanol–water partition coefficient (Wildman–Crippen LogP) is 3.06. The molecule has 1 amide bonds. The normalized spacial score (nSPS) is 16.4. The number of carbonyl (C=O) groups excluding carboxylic acids is 1. The van der Waals surface area contributed by atoms with Crippen molar-refractivity contribution >= 4 is 5.91 Å². The zero-order valence-electron chi connectivity index (χ0n) is 13.6. The summed E-state index contributed by atoms with van der Waals surface area (Å²) in [6.07, 6.45) is 4.69. The van der Waals surface area contributed by atoms with E-state index >= 15 is 0 Å². The van der Waals surface area contributed by atoms with Gasteiger partial charge in [-0.1, -0.05) is 30.3 Å². The first-order valence-corrected chi connectivity index (χ1v) is 8.31. The summed E-state index contributed by atoms with van der Waals surface area (Å²) in [5.74, 6) is 0.414. The number of benzene rings is 1. The van der Waals surface area contributed by atoms with Crippen molar-refractivity contribution in [2.24, 2.45) is 0 Å². The van der Waals surface area contributed by atoms with Gasteiger partial charge >= 0.3 is 0 Å². The van der Waals surface area contributed by atoms with Crippen molar-refractivity contribution in [3.63, 3.8) is 0 Å². The lowest BCUT2D eigenvalue weighted by molar-refractivity contribution is 0.0613. The molecular weight excluding hydrogens is 288 g/mol. The highest BCUT2D eigenvalue weighted by molar-refractivity contribution is 5.91. The van der Waals surface area contributed by atoms with E-state index in [1.54, 1.807) is 18.4 Å². The van der Waals surface area contributed by atoms with Gasteiger partial charge in [-0.3, -0.25) is 4.79 Å². The van der Waals surface area contributed by atoms with Crippen molar-refractivity contribution in [3.05, 3.63) is 60.1 Å². The molecule has 4 nitrogen and oxygen atoms in total. The molecule has 1 fully saturated rings. The van der Waals surface area contributed by atoms with Gasteiger partial charge < -0.3 is 14.2 Å². The Morgan fingerprint density at radius 3 is 2.57 bits per heavy atom. The molecule has 0 spiro atoms. The molecule has 1 aliphatic heterocycles. The maximum Gasteiger partial charge on any atom is 0.289 e. The van der Waals surface area contributed by atoms with Crippen LogP contribution < -0.4 is 0 Å². The highest BCUT2D eigenvalue weighted by atomic mass is 16.3. The van der Waals surface area contributed by atoms with Crippen LogP contribution in [0, 0.1) is 0 Å². The zero-order valence-corrected chi connectivity index (χ0v) is 13.6. The summed E-state index contributed by atoms with van der Waals surface area (Å²) in [6.45, 7) is 3.19. The van der Waals surface area contributed by atoms with E-state index in [0.717, 1.165) is 38.9 Å². The van der Waals surface area contributed by atoms with E-state index in [9.17, 15) is 4.79 Å². The molecule has 0 atom stereocenters. The van der Waals surface area contributed by atoms with Crippen molar-refractivity contribution in [1.82, 2.24) is 9.80 Å². The van der Waals surface area contributed by atoms with E-state index in [0.29, 0.717) is 11.8 Å². The molecule has 3 rings (SSSR count). The van der Waals surface area contributed by atoms with E-state index < -0.39 is 0 Å². The van der Waals surface area contributed by atoms with Crippen LogP contribution in [0.15, 0.2) is 53.1 Å². The second-order valence-corrected chi connectivity index (χ2v) is 6.20. The van der Waals surface area contributed by atoms with Crippen molar-refractivity contribution in [2.45, 2.75) is 25.3 Å². The lowest BCUT2D eigenvalue weighted by atomic mass is 10.0. The second kappa shape index (κ2) is 7.47. The molecule has 4 heteroatoms. The Hall–Kier alpha value is -2.07. The lowest BCUT2D eigenvalue weighted by Crippen LogP contribution is -2.45. The van der Waals surface area contributed by atoms with E-state index in [1.165, 1.54) is 5.56 Å².